The molecule has 1 unspecified atom stereocenters. The van der Waals surface area contributed by atoms with Crippen LogP contribution < -0.4 is 15.3 Å². The van der Waals surface area contributed by atoms with Crippen LogP contribution in [0.3, 0.4) is 0 Å². The third kappa shape index (κ3) is 16.2. The Labute approximate surface area is 153 Å². The predicted molar refractivity (Wildman–Crippen MR) is 88.4 cm³/mol. The van der Waals surface area contributed by atoms with Crippen LogP contribution in [-0.4, -0.2) is 18.3 Å². The molecule has 0 aromatic heterocycles. The van der Waals surface area contributed by atoms with Gasteiger partial charge in [-0.2, -0.15) is 0 Å². The first-order valence-electron chi connectivity index (χ1n) is 7.95. The molecule has 0 saturated carbocycles. The average molecular weight is 354 g/mol. The number of allylic oxidation sites excluding steroid dienone is 1. The molecular formula is C19H30O3Ti. The maximum atomic E-state index is 9.53. The summed E-state index contributed by atoms with van der Waals surface area (Å²) in [4.78, 5) is 0. The van der Waals surface area contributed by atoms with Crippen molar-refractivity contribution in [3.8, 4) is 0 Å². The van der Waals surface area contributed by atoms with Crippen molar-refractivity contribution in [3.63, 3.8) is 0 Å². The molecule has 1 atom stereocenters. The first kappa shape index (κ1) is 24.8. The minimum atomic E-state index is -0.417. The van der Waals surface area contributed by atoms with E-state index in [2.05, 4.69) is 57.7 Å². The zero-order valence-electron chi connectivity index (χ0n) is 15.4. The quantitative estimate of drug-likeness (QED) is 0.668. The van der Waals surface area contributed by atoms with Crippen molar-refractivity contribution in [2.24, 2.45) is 0 Å². The molecule has 0 N–H and O–H groups in total. The van der Waals surface area contributed by atoms with E-state index in [0.717, 1.165) is 0 Å². The van der Waals surface area contributed by atoms with E-state index in [1.807, 2.05) is 0 Å². The number of hydrogen-bond donors (Lipinski definition) is 0. The molecule has 23 heavy (non-hydrogen) atoms. The Morgan fingerprint density at radius 2 is 1.26 bits per heavy atom. The normalized spacial score (nSPS) is 14.5. The van der Waals surface area contributed by atoms with Crippen molar-refractivity contribution in [1.82, 2.24) is 0 Å². The standard InChI is InChI=1S/C10H9.3C3H7O.Ti/c1-8-4-2-5-9-6-3-7-10(8)9;3*1-3(2)4;/h2-7H,1H3;3*3H,1-2H3;/q;3*-1;+3. The molecule has 0 spiro atoms. The summed E-state index contributed by atoms with van der Waals surface area (Å²) in [6.45, 7) is 11.8. The van der Waals surface area contributed by atoms with E-state index in [9.17, 15) is 15.3 Å². The third-order valence-electron chi connectivity index (χ3n) is 2.15. The Balaban J connectivity index is 0. The molecule has 0 bridgehead atoms. The van der Waals surface area contributed by atoms with Gasteiger partial charge in [-0.3, -0.25) is 0 Å². The monoisotopic (exact) mass is 354 g/mol. The van der Waals surface area contributed by atoms with Crippen molar-refractivity contribution in [1.29, 1.82) is 0 Å². The molecule has 3 nitrogen and oxygen atoms in total. The van der Waals surface area contributed by atoms with Crippen molar-refractivity contribution in [2.75, 3.05) is 0 Å². The number of hydrogen-bond acceptors (Lipinski definition) is 3. The first-order valence-corrected chi connectivity index (χ1v) is 8.85. The molecule has 128 valence electrons. The van der Waals surface area contributed by atoms with Gasteiger partial charge in [0.2, 0.25) is 0 Å². The fourth-order valence-electron chi connectivity index (χ4n) is 1.50. The summed E-state index contributed by atoms with van der Waals surface area (Å²) >= 11 is 2.24. The molecule has 1 aliphatic rings. The van der Waals surface area contributed by atoms with Crippen LogP contribution in [-0.2, 0) is 20.4 Å². The van der Waals surface area contributed by atoms with Gasteiger partial charge in [0, 0.05) is 0 Å². The van der Waals surface area contributed by atoms with E-state index < -0.39 is 18.3 Å². The molecule has 2 rings (SSSR count). The van der Waals surface area contributed by atoms with Crippen LogP contribution in [0.15, 0.2) is 24.3 Å². The Morgan fingerprint density at radius 1 is 0.870 bits per heavy atom. The summed E-state index contributed by atoms with van der Waals surface area (Å²) in [5, 5.41) is 28.6. The van der Waals surface area contributed by atoms with Gasteiger partial charge in [0.15, 0.2) is 0 Å². The van der Waals surface area contributed by atoms with Gasteiger partial charge in [0.1, 0.15) is 0 Å². The SMILES string of the molecule is CC(C)[O-].CC(C)[O-].CC(C)[O-].Cc1cccc2c1C=C[CH]2[Ti+3]. The molecule has 1 aromatic carbocycles. The summed E-state index contributed by atoms with van der Waals surface area (Å²) in [5.41, 5.74) is 4.30. The van der Waals surface area contributed by atoms with Gasteiger partial charge in [0.25, 0.3) is 0 Å². The van der Waals surface area contributed by atoms with Crippen LogP contribution in [0.1, 0.15) is 62.5 Å². The average Bonchev–Trinajstić information content (AvgIpc) is 2.70. The zero-order chi connectivity index (χ0) is 18.6. The Hall–Kier alpha value is -0.446. The van der Waals surface area contributed by atoms with Gasteiger partial charge in [-0.05, 0) is 0 Å². The topological polar surface area (TPSA) is 69.2 Å². The summed E-state index contributed by atoms with van der Waals surface area (Å²) in [6, 6.07) is 6.52. The minimum absolute atomic E-state index is 0.417. The second kappa shape index (κ2) is 13.9. The van der Waals surface area contributed by atoms with Gasteiger partial charge < -0.3 is 15.3 Å². The molecule has 4 heteroatoms. The van der Waals surface area contributed by atoms with Crippen LogP contribution in [0.5, 0.6) is 0 Å². The van der Waals surface area contributed by atoms with Gasteiger partial charge in [-0.25, -0.2) is 0 Å². The zero-order valence-corrected chi connectivity index (χ0v) is 17.0. The molecule has 0 heterocycles. The molecule has 1 aliphatic carbocycles. The van der Waals surface area contributed by atoms with Crippen LogP contribution >= 0.6 is 0 Å². The van der Waals surface area contributed by atoms with E-state index in [1.54, 1.807) is 41.5 Å². The van der Waals surface area contributed by atoms with Crippen LogP contribution in [0, 0.1) is 6.92 Å². The molecule has 0 amide bonds. The van der Waals surface area contributed by atoms with Crippen molar-refractivity contribution in [2.45, 2.75) is 71.0 Å². The Morgan fingerprint density at radius 3 is 1.61 bits per heavy atom. The van der Waals surface area contributed by atoms with Gasteiger partial charge >= 0.3 is 78.6 Å². The summed E-state index contributed by atoms with van der Waals surface area (Å²) in [5.74, 6) is 0. The second-order valence-electron chi connectivity index (χ2n) is 6.06. The van der Waals surface area contributed by atoms with Crippen LogP contribution in [0.25, 0.3) is 6.08 Å². The Bertz CT molecular complexity index is 418. The maximum absolute atomic E-state index is 9.53. The van der Waals surface area contributed by atoms with E-state index in [-0.39, 0.29) is 0 Å². The number of rotatable bonds is 0. The number of aryl methyl sites for hydroxylation is 1. The fraction of sp³-hybridized carbons (Fsp3) is 0.579. The van der Waals surface area contributed by atoms with E-state index in [1.165, 1.54) is 16.7 Å². The predicted octanol–water partition coefficient (Wildman–Crippen LogP) is 1.88. The van der Waals surface area contributed by atoms with Crippen molar-refractivity contribution >= 4 is 6.08 Å². The van der Waals surface area contributed by atoms with E-state index >= 15 is 0 Å². The Kier molecular flexibility index (Phi) is 15.0. The summed E-state index contributed by atoms with van der Waals surface area (Å²) in [7, 11) is 0. The van der Waals surface area contributed by atoms with Gasteiger partial charge in [-0.1, -0.05) is 41.5 Å². The number of fused-ring (bicyclic) bond motifs is 1. The third-order valence-corrected chi connectivity index (χ3v) is 2.93. The molecule has 1 aromatic rings. The molecular weight excluding hydrogens is 324 g/mol. The van der Waals surface area contributed by atoms with E-state index in [4.69, 9.17) is 0 Å². The van der Waals surface area contributed by atoms with Crippen molar-refractivity contribution < 1.29 is 35.8 Å². The molecule has 0 radical (unpaired) electrons. The van der Waals surface area contributed by atoms with E-state index in [0.29, 0.717) is 4.22 Å². The van der Waals surface area contributed by atoms with Gasteiger partial charge in [-0.15, -0.1) is 18.3 Å². The molecule has 0 fully saturated rings. The van der Waals surface area contributed by atoms with Gasteiger partial charge in [0.05, 0.1) is 0 Å². The second-order valence-corrected chi connectivity index (χ2v) is 7.03. The summed E-state index contributed by atoms with van der Waals surface area (Å²) in [6.07, 6.45) is 3.24. The summed E-state index contributed by atoms with van der Waals surface area (Å²) < 4.78 is 0.616. The molecule has 0 aliphatic heterocycles. The number of benzene rings is 1. The van der Waals surface area contributed by atoms with Crippen molar-refractivity contribution in [3.05, 3.63) is 41.0 Å². The molecule has 0 saturated heterocycles. The fourth-order valence-corrected chi connectivity index (χ4v) is 2.04. The first-order chi connectivity index (χ1) is 10.5. The van der Waals surface area contributed by atoms with Crippen LogP contribution in [0.4, 0.5) is 0 Å². The van der Waals surface area contributed by atoms with Crippen LogP contribution in [0.2, 0.25) is 0 Å².